The number of thiocarbonyl (C=S) groups is 1. The number of benzene rings is 1. The molecule has 2 aromatic rings. The Kier molecular flexibility index (Phi) is 4.87. The average Bonchev–Trinajstić information content (AvgIpc) is 2.91. The minimum atomic E-state index is 0.519. The van der Waals surface area contributed by atoms with Crippen molar-refractivity contribution in [2.75, 3.05) is 0 Å². The van der Waals surface area contributed by atoms with Crippen molar-refractivity contribution in [3.8, 4) is 0 Å². The molecule has 92 valence electrons. The highest BCUT2D eigenvalue weighted by molar-refractivity contribution is 7.80. The van der Waals surface area contributed by atoms with Gasteiger partial charge in [-0.05, 0) is 34.6 Å². The van der Waals surface area contributed by atoms with Crippen LogP contribution in [0.1, 0.15) is 11.1 Å². The molecule has 0 fully saturated rings. The van der Waals surface area contributed by atoms with Gasteiger partial charge in [0.15, 0.2) is 5.11 Å². The number of rotatable bonds is 4. The number of hydrazone groups is 1. The molecule has 1 aromatic heterocycles. The Morgan fingerprint density at radius 3 is 2.83 bits per heavy atom. The van der Waals surface area contributed by atoms with Gasteiger partial charge in [0.2, 0.25) is 0 Å². The van der Waals surface area contributed by atoms with Crippen molar-refractivity contribution in [3.63, 3.8) is 0 Å². The number of hydrogen-bond acceptors (Lipinski definition) is 3. The van der Waals surface area contributed by atoms with E-state index in [0.29, 0.717) is 11.7 Å². The molecule has 0 saturated carbocycles. The first-order valence-corrected chi connectivity index (χ1v) is 6.83. The summed E-state index contributed by atoms with van der Waals surface area (Å²) < 4.78 is 0. The van der Waals surface area contributed by atoms with E-state index in [1.54, 1.807) is 17.6 Å². The van der Waals surface area contributed by atoms with E-state index in [9.17, 15) is 0 Å². The predicted octanol–water partition coefficient (Wildman–Crippen LogP) is 2.75. The zero-order chi connectivity index (χ0) is 12.6. The van der Waals surface area contributed by atoms with Gasteiger partial charge in [-0.2, -0.15) is 16.4 Å². The van der Waals surface area contributed by atoms with Crippen LogP contribution in [0.4, 0.5) is 0 Å². The van der Waals surface area contributed by atoms with Crippen molar-refractivity contribution in [3.05, 3.63) is 58.3 Å². The van der Waals surface area contributed by atoms with Gasteiger partial charge in [0, 0.05) is 12.1 Å². The summed E-state index contributed by atoms with van der Waals surface area (Å²) >= 11 is 6.75. The van der Waals surface area contributed by atoms with Gasteiger partial charge in [-0.3, -0.25) is 5.43 Å². The highest BCUT2D eigenvalue weighted by Gasteiger charge is 1.94. The number of nitrogens with zero attached hydrogens (tertiary/aromatic N) is 1. The maximum Gasteiger partial charge on any atom is 0.187 e. The quantitative estimate of drug-likeness (QED) is 0.512. The molecule has 0 saturated heterocycles. The maximum absolute atomic E-state index is 5.11. The second-order valence-electron chi connectivity index (χ2n) is 3.59. The van der Waals surface area contributed by atoms with Gasteiger partial charge in [0.05, 0.1) is 6.21 Å². The van der Waals surface area contributed by atoms with Crippen molar-refractivity contribution in [1.29, 1.82) is 0 Å². The largest absolute Gasteiger partial charge is 0.357 e. The molecule has 2 rings (SSSR count). The molecule has 1 heterocycles. The molecule has 0 atom stereocenters. The average molecular weight is 275 g/mol. The molecule has 0 aliphatic rings. The molecule has 5 heteroatoms. The van der Waals surface area contributed by atoms with Gasteiger partial charge in [-0.15, -0.1) is 0 Å². The highest BCUT2D eigenvalue weighted by atomic mass is 32.1. The summed E-state index contributed by atoms with van der Waals surface area (Å²) in [5.41, 5.74) is 5.04. The molecule has 1 aromatic carbocycles. The van der Waals surface area contributed by atoms with Gasteiger partial charge >= 0.3 is 0 Å². The summed E-state index contributed by atoms with van der Waals surface area (Å²) in [6, 6.07) is 12.1. The smallest absolute Gasteiger partial charge is 0.187 e. The molecule has 2 N–H and O–H groups in total. The van der Waals surface area contributed by atoms with Crippen LogP contribution in [-0.2, 0) is 6.54 Å². The van der Waals surface area contributed by atoms with Crippen LogP contribution in [0.2, 0.25) is 0 Å². The molecule has 0 amide bonds. The fourth-order valence-electron chi connectivity index (χ4n) is 1.33. The Morgan fingerprint density at radius 2 is 2.11 bits per heavy atom. The third kappa shape index (κ3) is 4.27. The fourth-order valence-corrected chi connectivity index (χ4v) is 2.07. The molecule has 0 aliphatic heterocycles. The molecule has 0 bridgehead atoms. The molecular weight excluding hydrogens is 262 g/mol. The number of hydrogen-bond donors (Lipinski definition) is 2. The van der Waals surface area contributed by atoms with E-state index in [1.165, 1.54) is 5.56 Å². The lowest BCUT2D eigenvalue weighted by molar-refractivity contribution is 0.869. The standard InChI is InChI=1S/C13H13N3S2/c17-13(14-8-11-4-2-1-3-5-11)16-15-9-12-6-7-18-10-12/h1-7,9-10H,8H2,(H2,14,16,17)/b15-9-. The molecule has 18 heavy (non-hydrogen) atoms. The van der Waals surface area contributed by atoms with E-state index >= 15 is 0 Å². The normalized spacial score (nSPS) is 10.4. The predicted molar refractivity (Wildman–Crippen MR) is 80.9 cm³/mol. The fraction of sp³-hybridized carbons (Fsp3) is 0.0769. The highest BCUT2D eigenvalue weighted by Crippen LogP contribution is 2.01. The van der Waals surface area contributed by atoms with Crippen LogP contribution in [0.15, 0.2) is 52.3 Å². The Hall–Kier alpha value is -1.72. The van der Waals surface area contributed by atoms with Crippen molar-refractivity contribution in [2.24, 2.45) is 5.10 Å². The molecule has 0 unspecified atom stereocenters. The lowest BCUT2D eigenvalue weighted by Gasteiger charge is -2.06. The summed E-state index contributed by atoms with van der Waals surface area (Å²) in [4.78, 5) is 0. The summed E-state index contributed by atoms with van der Waals surface area (Å²) in [6.45, 7) is 0.695. The van der Waals surface area contributed by atoms with Crippen LogP contribution in [-0.4, -0.2) is 11.3 Å². The number of nitrogens with one attached hydrogen (secondary N) is 2. The Morgan fingerprint density at radius 1 is 1.28 bits per heavy atom. The lowest BCUT2D eigenvalue weighted by atomic mass is 10.2. The first-order valence-electron chi connectivity index (χ1n) is 5.47. The van der Waals surface area contributed by atoms with Gasteiger partial charge in [0.25, 0.3) is 0 Å². The third-order valence-electron chi connectivity index (χ3n) is 2.22. The Balaban J connectivity index is 1.73. The van der Waals surface area contributed by atoms with Crippen molar-refractivity contribution in [2.45, 2.75) is 6.54 Å². The molecule has 0 radical (unpaired) electrons. The van der Waals surface area contributed by atoms with E-state index < -0.39 is 0 Å². The Labute approximate surface area is 116 Å². The van der Waals surface area contributed by atoms with Crippen molar-refractivity contribution < 1.29 is 0 Å². The monoisotopic (exact) mass is 275 g/mol. The van der Waals surface area contributed by atoms with Crippen molar-refractivity contribution in [1.82, 2.24) is 10.7 Å². The van der Waals surface area contributed by atoms with Crippen LogP contribution >= 0.6 is 23.6 Å². The van der Waals surface area contributed by atoms with Gasteiger partial charge in [0.1, 0.15) is 0 Å². The van der Waals surface area contributed by atoms with Gasteiger partial charge in [-0.25, -0.2) is 0 Å². The summed E-state index contributed by atoms with van der Waals surface area (Å²) in [6.07, 6.45) is 1.74. The van der Waals surface area contributed by atoms with E-state index in [4.69, 9.17) is 12.2 Å². The van der Waals surface area contributed by atoms with Crippen molar-refractivity contribution >= 4 is 34.9 Å². The summed E-state index contributed by atoms with van der Waals surface area (Å²) in [5, 5.41) is 11.7. The lowest BCUT2D eigenvalue weighted by Crippen LogP contribution is -2.31. The zero-order valence-corrected chi connectivity index (χ0v) is 11.3. The van der Waals surface area contributed by atoms with E-state index in [2.05, 4.69) is 15.8 Å². The molecule has 3 nitrogen and oxygen atoms in total. The van der Waals surface area contributed by atoms with E-state index in [1.807, 2.05) is 47.2 Å². The second kappa shape index (κ2) is 6.88. The van der Waals surface area contributed by atoms with Gasteiger partial charge in [-0.1, -0.05) is 30.3 Å². The molecule has 0 aliphatic carbocycles. The summed E-state index contributed by atoms with van der Waals surface area (Å²) in [5.74, 6) is 0. The minimum absolute atomic E-state index is 0.519. The zero-order valence-electron chi connectivity index (χ0n) is 9.67. The van der Waals surface area contributed by atoms with Crippen LogP contribution in [0, 0.1) is 0 Å². The number of thiophene rings is 1. The van der Waals surface area contributed by atoms with Crippen LogP contribution < -0.4 is 10.7 Å². The Bertz CT molecular complexity index is 506. The molecule has 0 spiro atoms. The van der Waals surface area contributed by atoms with Crippen LogP contribution in [0.5, 0.6) is 0 Å². The first kappa shape index (κ1) is 12.7. The third-order valence-corrected chi connectivity index (χ3v) is 3.16. The van der Waals surface area contributed by atoms with Crippen LogP contribution in [0.25, 0.3) is 0 Å². The van der Waals surface area contributed by atoms with E-state index in [-0.39, 0.29) is 0 Å². The molecular formula is C13H13N3S2. The van der Waals surface area contributed by atoms with E-state index in [0.717, 1.165) is 5.56 Å². The van der Waals surface area contributed by atoms with Crippen LogP contribution in [0.3, 0.4) is 0 Å². The topological polar surface area (TPSA) is 36.4 Å². The maximum atomic E-state index is 5.11. The van der Waals surface area contributed by atoms with Gasteiger partial charge < -0.3 is 5.32 Å². The summed E-state index contributed by atoms with van der Waals surface area (Å²) in [7, 11) is 0. The minimum Gasteiger partial charge on any atom is -0.357 e. The first-order chi connectivity index (χ1) is 8.84. The SMILES string of the molecule is S=C(NCc1ccccc1)N/N=C\c1ccsc1. The second-order valence-corrected chi connectivity index (χ2v) is 4.78.